The molecule has 92 valence electrons. The molecule has 0 aromatic heterocycles. The zero-order valence-electron chi connectivity index (χ0n) is 8.42. The molecule has 10 heteroatoms. The first-order valence-electron chi connectivity index (χ1n) is 3.88. The Morgan fingerprint density at radius 1 is 1.12 bits per heavy atom. The predicted molar refractivity (Wildman–Crippen MR) is 40.5 cm³/mol. The molecule has 0 aromatic rings. The van der Waals surface area contributed by atoms with Crippen molar-refractivity contribution < 1.29 is 65.2 Å². The Morgan fingerprint density at radius 3 is 1.88 bits per heavy atom. The molecule has 1 N–H and O–H groups in total. The molecule has 0 saturated heterocycles. The van der Waals surface area contributed by atoms with Crippen LogP contribution in [0.1, 0.15) is 19.3 Å². The zero-order valence-corrected chi connectivity index (χ0v) is 11.2. The number of aliphatic hydroxyl groups is 1. The Morgan fingerprint density at radius 2 is 1.56 bits per heavy atom. The maximum Gasteiger partial charge on any atom is 1.00 e. The molecular formula is C6H9F4NaO4S. The van der Waals surface area contributed by atoms with Crippen molar-refractivity contribution in [1.82, 2.24) is 0 Å². The molecule has 0 radical (unpaired) electrons. The minimum atomic E-state index is -6.39. The topological polar surface area (TPSA) is 77.4 Å². The molecule has 4 nitrogen and oxygen atoms in total. The van der Waals surface area contributed by atoms with Gasteiger partial charge in [-0.1, -0.05) is 0 Å². The van der Waals surface area contributed by atoms with E-state index in [1.807, 2.05) is 0 Å². The third-order valence-corrected chi connectivity index (χ3v) is 2.57. The van der Waals surface area contributed by atoms with Crippen molar-refractivity contribution in [3.05, 3.63) is 0 Å². The SMILES string of the molecule is O=S(=O)([O-])C(F)(F)C(F)(F)CCCCO.[Na+]. The van der Waals surface area contributed by atoms with Crippen molar-refractivity contribution in [2.24, 2.45) is 0 Å². The average molecular weight is 276 g/mol. The van der Waals surface area contributed by atoms with E-state index in [0.717, 1.165) is 0 Å². The fourth-order valence-corrected chi connectivity index (χ4v) is 1.26. The number of aliphatic hydroxyl groups excluding tert-OH is 1. The molecule has 0 saturated carbocycles. The molecular weight excluding hydrogens is 267 g/mol. The van der Waals surface area contributed by atoms with E-state index in [4.69, 9.17) is 5.11 Å². The molecule has 0 aliphatic rings. The number of hydrogen-bond donors (Lipinski definition) is 1. The van der Waals surface area contributed by atoms with E-state index in [9.17, 15) is 30.5 Å². The van der Waals surface area contributed by atoms with Gasteiger partial charge >= 0.3 is 40.7 Å². The molecule has 0 aromatic carbocycles. The van der Waals surface area contributed by atoms with Gasteiger partial charge in [0.1, 0.15) is 0 Å². The van der Waals surface area contributed by atoms with Crippen molar-refractivity contribution in [2.45, 2.75) is 30.4 Å². The largest absolute Gasteiger partial charge is 1.00 e. The van der Waals surface area contributed by atoms with Gasteiger partial charge in [0.15, 0.2) is 10.1 Å². The van der Waals surface area contributed by atoms with Crippen LogP contribution in [0.4, 0.5) is 17.6 Å². The molecule has 0 spiro atoms. The van der Waals surface area contributed by atoms with Crippen LogP contribution in [0, 0.1) is 0 Å². The second-order valence-corrected chi connectivity index (χ2v) is 4.28. The number of halogens is 4. The summed E-state index contributed by atoms with van der Waals surface area (Å²) in [6, 6.07) is 0. The van der Waals surface area contributed by atoms with Gasteiger partial charge < -0.3 is 9.66 Å². The van der Waals surface area contributed by atoms with Crippen LogP contribution in [0.2, 0.25) is 0 Å². The summed E-state index contributed by atoms with van der Waals surface area (Å²) in [6.07, 6.45) is -2.15. The normalized spacial score (nSPS) is 13.4. The van der Waals surface area contributed by atoms with Gasteiger partial charge in [-0.15, -0.1) is 0 Å². The first-order valence-corrected chi connectivity index (χ1v) is 5.29. The second-order valence-electron chi connectivity index (χ2n) is 2.86. The van der Waals surface area contributed by atoms with Gasteiger partial charge in [-0.05, 0) is 12.8 Å². The van der Waals surface area contributed by atoms with Crippen LogP contribution in [0.15, 0.2) is 0 Å². The molecule has 0 bridgehead atoms. The number of unbranched alkanes of at least 4 members (excludes halogenated alkanes) is 1. The van der Waals surface area contributed by atoms with Gasteiger partial charge in [0.2, 0.25) is 0 Å². The van der Waals surface area contributed by atoms with E-state index < -0.39 is 40.7 Å². The molecule has 0 heterocycles. The molecule has 0 atom stereocenters. The smallest absolute Gasteiger partial charge is 0.743 e. The fourth-order valence-electron chi connectivity index (χ4n) is 0.787. The minimum absolute atomic E-state index is 0. The van der Waals surface area contributed by atoms with E-state index in [0.29, 0.717) is 0 Å². The third kappa shape index (κ3) is 4.46. The van der Waals surface area contributed by atoms with Crippen LogP contribution in [0.3, 0.4) is 0 Å². The predicted octanol–water partition coefficient (Wildman–Crippen LogP) is -2.07. The van der Waals surface area contributed by atoms with Crippen molar-refractivity contribution in [2.75, 3.05) is 6.61 Å². The van der Waals surface area contributed by atoms with Crippen LogP contribution in [-0.2, 0) is 10.1 Å². The van der Waals surface area contributed by atoms with E-state index in [1.165, 1.54) is 0 Å². The summed E-state index contributed by atoms with van der Waals surface area (Å²) in [5, 5.41) is 2.60. The third-order valence-electron chi connectivity index (χ3n) is 1.64. The second kappa shape index (κ2) is 6.50. The molecule has 0 aliphatic heterocycles. The van der Waals surface area contributed by atoms with Gasteiger partial charge in [0.25, 0.3) is 0 Å². The standard InChI is InChI=1S/C6H10F4O4S.Na/c7-5(8,3-1-2-4-11)6(9,10)15(12,13)14;/h11H,1-4H2,(H,12,13,14);/q;+1/p-1. The summed E-state index contributed by atoms with van der Waals surface area (Å²) in [4.78, 5) is 0. The van der Waals surface area contributed by atoms with Crippen LogP contribution in [0.25, 0.3) is 0 Å². The van der Waals surface area contributed by atoms with Crippen LogP contribution >= 0.6 is 0 Å². The summed E-state index contributed by atoms with van der Waals surface area (Å²) >= 11 is 0. The maximum absolute atomic E-state index is 12.6. The Hall–Kier alpha value is 0.590. The maximum atomic E-state index is 12.6. The first kappa shape index (κ1) is 18.9. The summed E-state index contributed by atoms with van der Waals surface area (Å²) in [5.74, 6) is -4.91. The van der Waals surface area contributed by atoms with E-state index in [2.05, 4.69) is 0 Å². The van der Waals surface area contributed by atoms with Crippen molar-refractivity contribution in [1.29, 1.82) is 0 Å². The number of rotatable bonds is 6. The summed E-state index contributed by atoms with van der Waals surface area (Å²) < 4.78 is 79.8. The first-order chi connectivity index (χ1) is 6.56. The Bertz CT molecular complexity index is 306. The molecule has 0 fully saturated rings. The fraction of sp³-hybridized carbons (Fsp3) is 1.00. The van der Waals surface area contributed by atoms with Gasteiger partial charge in [-0.25, -0.2) is 8.42 Å². The summed E-state index contributed by atoms with van der Waals surface area (Å²) in [7, 11) is -6.39. The Labute approximate surface area is 112 Å². The van der Waals surface area contributed by atoms with E-state index in [1.54, 1.807) is 0 Å². The van der Waals surface area contributed by atoms with Gasteiger partial charge in [0.05, 0.1) is 0 Å². The summed E-state index contributed by atoms with van der Waals surface area (Å²) in [6.45, 7) is -0.480. The Kier molecular flexibility index (Phi) is 7.70. The van der Waals surface area contributed by atoms with Crippen molar-refractivity contribution >= 4 is 10.1 Å². The molecule has 0 unspecified atom stereocenters. The van der Waals surface area contributed by atoms with Gasteiger partial charge in [-0.2, -0.15) is 17.6 Å². The number of hydrogen-bond acceptors (Lipinski definition) is 4. The van der Waals surface area contributed by atoms with Crippen molar-refractivity contribution in [3.63, 3.8) is 0 Å². The molecule has 0 aliphatic carbocycles. The Balaban J connectivity index is 0. The molecule has 16 heavy (non-hydrogen) atoms. The van der Waals surface area contributed by atoms with E-state index >= 15 is 0 Å². The monoisotopic (exact) mass is 276 g/mol. The average Bonchev–Trinajstić information content (AvgIpc) is 2.02. The van der Waals surface area contributed by atoms with Gasteiger partial charge in [-0.3, -0.25) is 0 Å². The van der Waals surface area contributed by atoms with Gasteiger partial charge in [0, 0.05) is 13.0 Å². The van der Waals surface area contributed by atoms with Crippen molar-refractivity contribution in [3.8, 4) is 0 Å². The molecule has 0 rings (SSSR count). The van der Waals surface area contributed by atoms with Crippen LogP contribution in [-0.4, -0.2) is 35.9 Å². The zero-order chi connectivity index (χ0) is 12.3. The number of alkyl halides is 4. The van der Waals surface area contributed by atoms with Crippen LogP contribution in [0.5, 0.6) is 0 Å². The van der Waals surface area contributed by atoms with Crippen LogP contribution < -0.4 is 29.6 Å². The van der Waals surface area contributed by atoms with E-state index in [-0.39, 0.29) is 36.0 Å². The molecule has 0 amide bonds. The minimum Gasteiger partial charge on any atom is -0.743 e. The summed E-state index contributed by atoms with van der Waals surface area (Å²) in [5.41, 5.74) is 0. The quantitative estimate of drug-likeness (QED) is 0.261.